The fourth-order valence-electron chi connectivity index (χ4n) is 1.35. The van der Waals surface area contributed by atoms with Gasteiger partial charge in [-0.2, -0.15) is 5.26 Å². The molecular weight excluding hydrogens is 226 g/mol. The highest BCUT2D eigenvalue weighted by Crippen LogP contribution is 2.12. The minimum atomic E-state index is -0.797. The monoisotopic (exact) mass is 238 g/mol. The van der Waals surface area contributed by atoms with Crippen molar-refractivity contribution in [2.24, 2.45) is 0 Å². The topological polar surface area (TPSA) is 44.1 Å². The Kier molecular flexibility index (Phi) is 4.16. The Morgan fingerprint density at radius 2 is 1.94 bits per heavy atom. The number of nitrogens with zero attached hydrogens (tertiary/aromatic N) is 2. The lowest BCUT2D eigenvalue weighted by Crippen LogP contribution is -2.34. The summed E-state index contributed by atoms with van der Waals surface area (Å²) in [5, 5.41) is 8.52. The number of hydrogen-bond donors (Lipinski definition) is 0. The largest absolute Gasteiger partial charge is 0.338 e. The second kappa shape index (κ2) is 5.39. The van der Waals surface area contributed by atoms with Crippen LogP contribution in [-0.4, -0.2) is 23.9 Å². The van der Waals surface area contributed by atoms with Gasteiger partial charge in [0.25, 0.3) is 5.91 Å². The van der Waals surface area contributed by atoms with Crippen LogP contribution in [0.4, 0.5) is 8.78 Å². The molecule has 0 saturated heterocycles. The van der Waals surface area contributed by atoms with Gasteiger partial charge in [-0.05, 0) is 19.1 Å². The zero-order chi connectivity index (χ0) is 13.0. The third kappa shape index (κ3) is 3.25. The molecule has 0 N–H and O–H groups in total. The third-order valence-corrected chi connectivity index (χ3v) is 2.48. The predicted molar refractivity (Wildman–Crippen MR) is 58.1 cm³/mol. The van der Waals surface area contributed by atoms with Crippen LogP contribution in [0, 0.1) is 23.0 Å². The highest BCUT2D eigenvalue weighted by atomic mass is 19.1. The molecule has 1 aromatic rings. The van der Waals surface area contributed by atoms with Crippen LogP contribution in [0.5, 0.6) is 0 Å². The van der Waals surface area contributed by atoms with Gasteiger partial charge in [0.15, 0.2) is 0 Å². The molecule has 0 spiro atoms. The SMILES string of the molecule is CC(CC#N)N(C)C(=O)c1cc(F)cc(F)c1. The fraction of sp³-hybridized carbons (Fsp3) is 0.333. The molecule has 0 aliphatic carbocycles. The van der Waals surface area contributed by atoms with E-state index >= 15 is 0 Å². The molecule has 0 heterocycles. The Hall–Kier alpha value is -1.96. The van der Waals surface area contributed by atoms with Crippen molar-refractivity contribution in [1.29, 1.82) is 5.26 Å². The van der Waals surface area contributed by atoms with E-state index in [9.17, 15) is 13.6 Å². The average Bonchev–Trinajstić information content (AvgIpc) is 2.26. The van der Waals surface area contributed by atoms with Crippen LogP contribution >= 0.6 is 0 Å². The number of carbonyl (C=O) groups excluding carboxylic acids is 1. The summed E-state index contributed by atoms with van der Waals surface area (Å²) in [6.07, 6.45) is 0.167. The summed E-state index contributed by atoms with van der Waals surface area (Å²) in [6, 6.07) is 4.28. The van der Waals surface area contributed by atoms with Gasteiger partial charge in [0.05, 0.1) is 12.5 Å². The predicted octanol–water partition coefficient (Wildman–Crippen LogP) is 2.34. The van der Waals surface area contributed by atoms with Gasteiger partial charge in [-0.25, -0.2) is 8.78 Å². The minimum Gasteiger partial charge on any atom is -0.338 e. The molecule has 1 unspecified atom stereocenters. The molecule has 1 aromatic carbocycles. The van der Waals surface area contributed by atoms with Crippen LogP contribution < -0.4 is 0 Å². The van der Waals surface area contributed by atoms with Gasteiger partial charge >= 0.3 is 0 Å². The van der Waals surface area contributed by atoms with E-state index in [0.717, 1.165) is 12.1 Å². The van der Waals surface area contributed by atoms with Gasteiger partial charge < -0.3 is 4.90 Å². The van der Waals surface area contributed by atoms with Crippen LogP contribution in [0.3, 0.4) is 0 Å². The van der Waals surface area contributed by atoms with Crippen LogP contribution in [0.15, 0.2) is 18.2 Å². The first-order valence-corrected chi connectivity index (χ1v) is 5.06. The standard InChI is InChI=1S/C12H12F2N2O/c1-8(3-4-15)16(2)12(17)9-5-10(13)7-11(14)6-9/h5-8H,3H2,1-2H3. The van der Waals surface area contributed by atoms with Crippen molar-refractivity contribution in [2.45, 2.75) is 19.4 Å². The highest BCUT2D eigenvalue weighted by Gasteiger charge is 2.18. The van der Waals surface area contributed by atoms with Crippen molar-refractivity contribution in [3.05, 3.63) is 35.4 Å². The molecule has 0 aliphatic rings. The van der Waals surface area contributed by atoms with E-state index in [2.05, 4.69) is 0 Å². The van der Waals surface area contributed by atoms with Gasteiger partial charge in [0.2, 0.25) is 0 Å². The molecule has 5 heteroatoms. The normalized spacial score (nSPS) is 11.7. The van der Waals surface area contributed by atoms with Gasteiger partial charge in [0.1, 0.15) is 11.6 Å². The zero-order valence-corrected chi connectivity index (χ0v) is 9.58. The number of nitriles is 1. The Balaban J connectivity index is 2.93. The number of carbonyl (C=O) groups is 1. The maximum Gasteiger partial charge on any atom is 0.254 e. The zero-order valence-electron chi connectivity index (χ0n) is 9.58. The van der Waals surface area contributed by atoms with E-state index in [4.69, 9.17) is 5.26 Å². The summed E-state index contributed by atoms with van der Waals surface area (Å²) in [5.74, 6) is -2.10. The quantitative estimate of drug-likeness (QED) is 0.811. The van der Waals surface area contributed by atoms with Crippen LogP contribution in [0.25, 0.3) is 0 Å². The van der Waals surface area contributed by atoms with Crippen molar-refractivity contribution in [2.75, 3.05) is 7.05 Å². The van der Waals surface area contributed by atoms with E-state index in [0.29, 0.717) is 6.07 Å². The Morgan fingerprint density at radius 1 is 1.41 bits per heavy atom. The van der Waals surface area contributed by atoms with Crippen LogP contribution in [0.1, 0.15) is 23.7 Å². The first kappa shape index (κ1) is 13.1. The van der Waals surface area contributed by atoms with Gasteiger partial charge in [0, 0.05) is 24.7 Å². The van der Waals surface area contributed by atoms with Crippen LogP contribution in [-0.2, 0) is 0 Å². The molecule has 0 radical (unpaired) electrons. The fourth-order valence-corrected chi connectivity index (χ4v) is 1.35. The van der Waals surface area contributed by atoms with E-state index in [1.54, 1.807) is 6.92 Å². The number of hydrogen-bond acceptors (Lipinski definition) is 2. The van der Waals surface area contributed by atoms with E-state index in [1.807, 2.05) is 6.07 Å². The Bertz CT molecular complexity index is 448. The molecule has 1 atom stereocenters. The average molecular weight is 238 g/mol. The molecule has 0 bridgehead atoms. The number of benzene rings is 1. The molecule has 1 rings (SSSR count). The van der Waals surface area contributed by atoms with Gasteiger partial charge in [-0.15, -0.1) is 0 Å². The molecule has 90 valence electrons. The van der Waals surface area contributed by atoms with Crippen molar-refractivity contribution in [3.63, 3.8) is 0 Å². The van der Waals surface area contributed by atoms with E-state index in [1.165, 1.54) is 11.9 Å². The lowest BCUT2D eigenvalue weighted by molar-refractivity contribution is 0.0745. The lowest BCUT2D eigenvalue weighted by atomic mass is 10.1. The molecular formula is C12H12F2N2O. The smallest absolute Gasteiger partial charge is 0.254 e. The second-order valence-corrected chi connectivity index (χ2v) is 3.79. The van der Waals surface area contributed by atoms with Gasteiger partial charge in [-0.3, -0.25) is 4.79 Å². The van der Waals surface area contributed by atoms with Crippen molar-refractivity contribution >= 4 is 5.91 Å². The lowest BCUT2D eigenvalue weighted by Gasteiger charge is -2.22. The molecule has 3 nitrogen and oxygen atoms in total. The Labute approximate surface area is 98.3 Å². The third-order valence-electron chi connectivity index (χ3n) is 2.48. The molecule has 1 amide bonds. The maximum atomic E-state index is 12.9. The number of halogens is 2. The molecule has 0 aromatic heterocycles. The van der Waals surface area contributed by atoms with Crippen LogP contribution in [0.2, 0.25) is 0 Å². The molecule has 0 saturated carbocycles. The van der Waals surface area contributed by atoms with Crippen molar-refractivity contribution < 1.29 is 13.6 Å². The summed E-state index contributed by atoms with van der Waals surface area (Å²) in [4.78, 5) is 13.1. The minimum absolute atomic E-state index is 0.0604. The Morgan fingerprint density at radius 3 is 2.41 bits per heavy atom. The first-order chi connectivity index (χ1) is 7.95. The highest BCUT2D eigenvalue weighted by molar-refractivity contribution is 5.94. The van der Waals surface area contributed by atoms with Gasteiger partial charge in [-0.1, -0.05) is 0 Å². The molecule has 0 aliphatic heterocycles. The number of amides is 1. The van der Waals surface area contributed by atoms with Crippen molar-refractivity contribution in [3.8, 4) is 6.07 Å². The molecule has 17 heavy (non-hydrogen) atoms. The first-order valence-electron chi connectivity index (χ1n) is 5.06. The summed E-state index contributed by atoms with van der Waals surface area (Å²) in [6.45, 7) is 1.69. The maximum absolute atomic E-state index is 12.9. The second-order valence-electron chi connectivity index (χ2n) is 3.79. The number of rotatable bonds is 3. The summed E-state index contributed by atoms with van der Waals surface area (Å²) in [7, 11) is 1.49. The van der Waals surface area contributed by atoms with E-state index in [-0.39, 0.29) is 18.0 Å². The summed E-state index contributed by atoms with van der Waals surface area (Å²) >= 11 is 0. The summed E-state index contributed by atoms with van der Waals surface area (Å²) in [5.41, 5.74) is -0.0604. The van der Waals surface area contributed by atoms with E-state index < -0.39 is 17.5 Å². The summed E-state index contributed by atoms with van der Waals surface area (Å²) < 4.78 is 25.9. The molecule has 0 fully saturated rings. The van der Waals surface area contributed by atoms with Crippen molar-refractivity contribution in [1.82, 2.24) is 4.90 Å².